The summed E-state index contributed by atoms with van der Waals surface area (Å²) >= 11 is 0. The van der Waals surface area contributed by atoms with Gasteiger partial charge in [0.25, 0.3) is 5.91 Å². The summed E-state index contributed by atoms with van der Waals surface area (Å²) in [6.45, 7) is 6.97. The Hall–Kier alpha value is -1.52. The number of carbonyl (C=O) groups excluding carboxylic acids is 1. The van der Waals surface area contributed by atoms with Gasteiger partial charge in [0.15, 0.2) is 5.69 Å². The predicted molar refractivity (Wildman–Crippen MR) is 78.0 cm³/mol. The fourth-order valence-electron chi connectivity index (χ4n) is 2.12. The van der Waals surface area contributed by atoms with Crippen LogP contribution in [0.15, 0.2) is 6.20 Å². The van der Waals surface area contributed by atoms with Crippen molar-refractivity contribution in [3.8, 4) is 0 Å². The maximum absolute atomic E-state index is 12.2. The normalized spacial score (nSPS) is 12.4. The third-order valence-corrected chi connectivity index (χ3v) is 3.21. The molecule has 0 saturated carbocycles. The lowest BCUT2D eigenvalue weighted by Gasteiger charge is -2.17. The molecule has 5 heteroatoms. The molecule has 5 nitrogen and oxygen atoms in total. The second-order valence-corrected chi connectivity index (χ2v) is 4.89. The molecule has 0 saturated heterocycles. The van der Waals surface area contributed by atoms with Crippen molar-refractivity contribution in [1.29, 1.82) is 0 Å². The molecule has 0 spiro atoms. The van der Waals surface area contributed by atoms with E-state index in [2.05, 4.69) is 24.3 Å². The van der Waals surface area contributed by atoms with Crippen molar-refractivity contribution in [2.45, 2.75) is 65.5 Å². The number of rotatable bonds is 8. The zero-order valence-electron chi connectivity index (χ0n) is 12.3. The first-order chi connectivity index (χ1) is 9.12. The van der Waals surface area contributed by atoms with E-state index in [4.69, 9.17) is 5.73 Å². The number of hydrogen-bond acceptors (Lipinski definition) is 3. The van der Waals surface area contributed by atoms with Crippen molar-refractivity contribution in [3.63, 3.8) is 0 Å². The van der Waals surface area contributed by atoms with E-state index in [0.29, 0.717) is 17.9 Å². The molecular formula is C14H26N4O. The number of nitrogens with zero attached hydrogens (tertiary/aromatic N) is 2. The molecule has 1 unspecified atom stereocenters. The standard InChI is InChI=1S/C14H26N4O/c1-4-7-9-11(8-5-2)16-14(19)13-12(15)10-18(6-3)17-13/h10-11H,4-9,15H2,1-3H3,(H,16,19). The highest BCUT2D eigenvalue weighted by atomic mass is 16.2. The van der Waals surface area contributed by atoms with Crippen LogP contribution in [0.1, 0.15) is 63.4 Å². The Morgan fingerprint density at radius 2 is 2.11 bits per heavy atom. The molecule has 108 valence electrons. The van der Waals surface area contributed by atoms with E-state index in [9.17, 15) is 4.79 Å². The fourth-order valence-corrected chi connectivity index (χ4v) is 2.12. The monoisotopic (exact) mass is 266 g/mol. The summed E-state index contributed by atoms with van der Waals surface area (Å²) < 4.78 is 1.69. The van der Waals surface area contributed by atoms with Crippen LogP contribution < -0.4 is 11.1 Å². The number of hydrogen-bond donors (Lipinski definition) is 2. The van der Waals surface area contributed by atoms with Crippen LogP contribution in [0.2, 0.25) is 0 Å². The highest BCUT2D eigenvalue weighted by Crippen LogP contribution is 2.12. The van der Waals surface area contributed by atoms with Gasteiger partial charge < -0.3 is 11.1 Å². The van der Waals surface area contributed by atoms with Gasteiger partial charge in [-0.15, -0.1) is 0 Å². The fraction of sp³-hybridized carbons (Fsp3) is 0.714. The summed E-state index contributed by atoms with van der Waals surface area (Å²) in [5.41, 5.74) is 6.62. The maximum atomic E-state index is 12.2. The number of nitrogens with one attached hydrogen (secondary N) is 1. The van der Waals surface area contributed by atoms with Crippen molar-refractivity contribution in [1.82, 2.24) is 15.1 Å². The van der Waals surface area contributed by atoms with Gasteiger partial charge in [-0.25, -0.2) is 0 Å². The average Bonchev–Trinajstić information content (AvgIpc) is 2.77. The summed E-state index contributed by atoms with van der Waals surface area (Å²) in [6, 6.07) is 0.226. The zero-order chi connectivity index (χ0) is 14.3. The summed E-state index contributed by atoms with van der Waals surface area (Å²) in [6.07, 6.45) is 7.06. The van der Waals surface area contributed by atoms with Crippen molar-refractivity contribution in [2.24, 2.45) is 0 Å². The smallest absolute Gasteiger partial charge is 0.274 e. The second kappa shape index (κ2) is 7.81. The van der Waals surface area contributed by atoms with Crippen LogP contribution in [0.4, 0.5) is 5.69 Å². The number of nitrogens with two attached hydrogens (primary N) is 1. The molecule has 1 rings (SSSR count). The van der Waals surface area contributed by atoms with Gasteiger partial charge in [-0.05, 0) is 19.8 Å². The average molecular weight is 266 g/mol. The zero-order valence-corrected chi connectivity index (χ0v) is 12.3. The highest BCUT2D eigenvalue weighted by Gasteiger charge is 2.18. The SMILES string of the molecule is CCCCC(CCC)NC(=O)c1nn(CC)cc1N. The van der Waals surface area contributed by atoms with E-state index in [1.54, 1.807) is 10.9 Å². The Labute approximate surface area is 115 Å². The third-order valence-electron chi connectivity index (χ3n) is 3.21. The van der Waals surface area contributed by atoms with Gasteiger partial charge in [0, 0.05) is 18.8 Å². The summed E-state index contributed by atoms with van der Waals surface area (Å²) in [7, 11) is 0. The molecule has 0 radical (unpaired) electrons. The number of carbonyl (C=O) groups is 1. The number of anilines is 1. The van der Waals surface area contributed by atoms with E-state index >= 15 is 0 Å². The first kappa shape index (κ1) is 15.5. The van der Waals surface area contributed by atoms with Gasteiger partial charge in [0.05, 0.1) is 5.69 Å². The summed E-state index contributed by atoms with van der Waals surface area (Å²) in [4.78, 5) is 12.2. The predicted octanol–water partition coefficient (Wildman–Crippen LogP) is 2.57. The van der Waals surface area contributed by atoms with Crippen molar-refractivity contribution < 1.29 is 4.79 Å². The van der Waals surface area contributed by atoms with Crippen LogP contribution in [0, 0.1) is 0 Å². The van der Waals surface area contributed by atoms with Crippen LogP contribution in [-0.2, 0) is 6.54 Å². The topological polar surface area (TPSA) is 72.9 Å². The van der Waals surface area contributed by atoms with Gasteiger partial charge in [-0.2, -0.15) is 5.10 Å². The van der Waals surface area contributed by atoms with Gasteiger partial charge in [-0.3, -0.25) is 9.48 Å². The summed E-state index contributed by atoms with van der Waals surface area (Å²) in [5.74, 6) is -0.153. The maximum Gasteiger partial charge on any atom is 0.274 e. The van der Waals surface area contributed by atoms with E-state index in [-0.39, 0.29) is 11.9 Å². The number of unbranched alkanes of at least 4 members (excludes halogenated alkanes) is 1. The van der Waals surface area contributed by atoms with Gasteiger partial charge in [-0.1, -0.05) is 33.1 Å². The molecule has 1 heterocycles. The second-order valence-electron chi connectivity index (χ2n) is 4.89. The number of aromatic nitrogens is 2. The molecule has 1 amide bonds. The minimum absolute atomic E-state index is 0.153. The molecular weight excluding hydrogens is 240 g/mol. The van der Waals surface area contributed by atoms with Crippen molar-refractivity contribution >= 4 is 11.6 Å². The Kier molecular flexibility index (Phi) is 6.39. The minimum Gasteiger partial charge on any atom is -0.396 e. The Morgan fingerprint density at radius 3 is 2.63 bits per heavy atom. The van der Waals surface area contributed by atoms with E-state index < -0.39 is 0 Å². The quantitative estimate of drug-likeness (QED) is 0.759. The highest BCUT2D eigenvalue weighted by molar-refractivity contribution is 5.97. The van der Waals surface area contributed by atoms with E-state index in [1.807, 2.05) is 6.92 Å². The third kappa shape index (κ3) is 4.58. The van der Waals surface area contributed by atoms with Crippen LogP contribution in [-0.4, -0.2) is 21.7 Å². The van der Waals surface area contributed by atoms with E-state index in [1.165, 1.54) is 0 Å². The Bertz CT molecular complexity index is 400. The molecule has 1 atom stereocenters. The largest absolute Gasteiger partial charge is 0.396 e. The summed E-state index contributed by atoms with van der Waals surface area (Å²) in [5, 5.41) is 7.25. The van der Waals surface area contributed by atoms with Gasteiger partial charge in [0.2, 0.25) is 0 Å². The molecule has 0 fully saturated rings. The van der Waals surface area contributed by atoms with Crippen LogP contribution in [0.3, 0.4) is 0 Å². The van der Waals surface area contributed by atoms with E-state index in [0.717, 1.165) is 32.1 Å². The number of nitrogen functional groups attached to an aromatic ring is 1. The lowest BCUT2D eigenvalue weighted by molar-refractivity contribution is 0.0927. The number of aryl methyl sites for hydroxylation is 1. The molecule has 1 aromatic heterocycles. The molecule has 19 heavy (non-hydrogen) atoms. The van der Waals surface area contributed by atoms with Crippen molar-refractivity contribution in [2.75, 3.05) is 5.73 Å². The first-order valence-corrected chi connectivity index (χ1v) is 7.26. The molecule has 1 aromatic rings. The van der Waals surface area contributed by atoms with Crippen molar-refractivity contribution in [3.05, 3.63) is 11.9 Å². The van der Waals surface area contributed by atoms with Gasteiger partial charge in [0.1, 0.15) is 0 Å². The molecule has 0 bridgehead atoms. The van der Waals surface area contributed by atoms with Crippen LogP contribution in [0.25, 0.3) is 0 Å². The molecule has 3 N–H and O–H groups in total. The molecule has 0 aliphatic carbocycles. The molecule has 0 aliphatic rings. The first-order valence-electron chi connectivity index (χ1n) is 7.26. The van der Waals surface area contributed by atoms with Crippen LogP contribution >= 0.6 is 0 Å². The molecule has 0 aliphatic heterocycles. The lowest BCUT2D eigenvalue weighted by Crippen LogP contribution is -2.35. The number of amides is 1. The minimum atomic E-state index is -0.153. The molecule has 0 aromatic carbocycles. The van der Waals surface area contributed by atoms with Gasteiger partial charge >= 0.3 is 0 Å². The Balaban J connectivity index is 2.66. The Morgan fingerprint density at radius 1 is 1.37 bits per heavy atom. The lowest BCUT2D eigenvalue weighted by atomic mass is 10.1. The van der Waals surface area contributed by atoms with Crippen LogP contribution in [0.5, 0.6) is 0 Å².